The Labute approximate surface area is 134 Å². The Bertz CT molecular complexity index is 517. The topological polar surface area (TPSA) is 58.4 Å². The fraction of sp³-hybridized carbons (Fsp3) is 0.571. The van der Waals surface area contributed by atoms with Crippen molar-refractivity contribution >= 4 is 34.6 Å². The Morgan fingerprint density at radius 3 is 2.52 bits per heavy atom. The van der Waals surface area contributed by atoms with E-state index in [9.17, 15) is 10.1 Å². The summed E-state index contributed by atoms with van der Waals surface area (Å²) in [6.07, 6.45) is 2.04. The van der Waals surface area contributed by atoms with E-state index in [0.29, 0.717) is 16.6 Å². The van der Waals surface area contributed by atoms with Crippen molar-refractivity contribution in [3.05, 3.63) is 32.3 Å². The van der Waals surface area contributed by atoms with Gasteiger partial charge in [-0.25, -0.2) is 0 Å². The van der Waals surface area contributed by atoms with E-state index >= 15 is 0 Å². The highest BCUT2D eigenvalue weighted by Gasteiger charge is 2.26. The number of nitro benzene ring substituents is 1. The third kappa shape index (κ3) is 3.99. The number of nitro groups is 1. The highest BCUT2D eigenvalue weighted by molar-refractivity contribution is 6.42. The molecule has 7 heteroatoms. The minimum atomic E-state index is -0.401. The Kier molecular flexibility index (Phi) is 5.67. The minimum absolute atomic E-state index is 0.0227. The van der Waals surface area contributed by atoms with Crippen LogP contribution in [0.5, 0.6) is 0 Å². The van der Waals surface area contributed by atoms with Gasteiger partial charge in [0, 0.05) is 19.2 Å². The number of nitrogens with one attached hydrogen (secondary N) is 1. The quantitative estimate of drug-likeness (QED) is 0.659. The monoisotopic (exact) mass is 331 g/mol. The summed E-state index contributed by atoms with van der Waals surface area (Å²) < 4.78 is 0. The number of rotatable bonds is 5. The van der Waals surface area contributed by atoms with E-state index in [4.69, 9.17) is 23.2 Å². The van der Waals surface area contributed by atoms with Crippen molar-refractivity contribution in [1.82, 2.24) is 5.32 Å². The maximum Gasteiger partial charge on any atom is 0.294 e. The number of anilines is 1. The minimum Gasteiger partial charge on any atom is -0.366 e. The van der Waals surface area contributed by atoms with Crippen LogP contribution in [0.2, 0.25) is 10.0 Å². The third-order valence-electron chi connectivity index (χ3n) is 3.85. The highest BCUT2D eigenvalue weighted by atomic mass is 35.5. The van der Waals surface area contributed by atoms with Gasteiger partial charge in [-0.15, -0.1) is 0 Å². The van der Waals surface area contributed by atoms with Crippen molar-refractivity contribution in [3.8, 4) is 0 Å². The first-order chi connectivity index (χ1) is 10.0. The number of piperidine rings is 1. The summed E-state index contributed by atoms with van der Waals surface area (Å²) in [5, 5.41) is 15.1. The number of benzene rings is 1. The third-order valence-corrected chi connectivity index (χ3v) is 4.57. The molecule has 0 aromatic heterocycles. The summed E-state index contributed by atoms with van der Waals surface area (Å²) in [6.45, 7) is 5.67. The Hall–Kier alpha value is -1.04. The smallest absolute Gasteiger partial charge is 0.294 e. The number of nitrogens with zero attached hydrogens (tertiary/aromatic N) is 2. The molecule has 1 aromatic carbocycles. The molecular formula is C14H19Cl2N3O2. The van der Waals surface area contributed by atoms with Gasteiger partial charge in [0.2, 0.25) is 0 Å². The predicted octanol–water partition coefficient (Wildman–Crippen LogP) is 3.73. The lowest BCUT2D eigenvalue weighted by Gasteiger charge is -2.33. The van der Waals surface area contributed by atoms with Crippen LogP contribution in [-0.2, 0) is 0 Å². The van der Waals surface area contributed by atoms with Gasteiger partial charge < -0.3 is 10.2 Å². The zero-order valence-corrected chi connectivity index (χ0v) is 13.5. The molecule has 1 aromatic rings. The molecule has 0 radical (unpaired) electrons. The van der Waals surface area contributed by atoms with Gasteiger partial charge in [-0.1, -0.05) is 30.1 Å². The summed E-state index contributed by atoms with van der Waals surface area (Å²) in [7, 11) is 0. The van der Waals surface area contributed by atoms with Gasteiger partial charge in [-0.05, 0) is 37.9 Å². The zero-order chi connectivity index (χ0) is 15.4. The molecule has 0 aliphatic carbocycles. The molecule has 0 bridgehead atoms. The molecule has 1 aliphatic heterocycles. The van der Waals surface area contributed by atoms with Crippen LogP contribution in [-0.4, -0.2) is 31.1 Å². The molecule has 0 unspecified atom stereocenters. The summed E-state index contributed by atoms with van der Waals surface area (Å²) in [6, 6.07) is 2.94. The van der Waals surface area contributed by atoms with Gasteiger partial charge in [-0.3, -0.25) is 10.1 Å². The van der Waals surface area contributed by atoms with Gasteiger partial charge in [-0.2, -0.15) is 0 Å². The van der Waals surface area contributed by atoms with E-state index in [0.717, 1.165) is 39.0 Å². The normalized spacial score (nSPS) is 16.2. The summed E-state index contributed by atoms with van der Waals surface area (Å²) in [4.78, 5) is 12.8. The first kappa shape index (κ1) is 16.3. The maximum absolute atomic E-state index is 11.2. The molecule has 1 heterocycles. The van der Waals surface area contributed by atoms with Gasteiger partial charge in [0.15, 0.2) is 0 Å². The number of halogens is 2. The molecule has 2 rings (SSSR count). The first-order valence-corrected chi connectivity index (χ1v) is 7.87. The largest absolute Gasteiger partial charge is 0.366 e. The fourth-order valence-electron chi connectivity index (χ4n) is 2.65. The first-order valence-electron chi connectivity index (χ1n) is 7.12. The van der Waals surface area contributed by atoms with Crippen molar-refractivity contribution in [3.63, 3.8) is 0 Å². The van der Waals surface area contributed by atoms with Crippen LogP contribution in [0, 0.1) is 16.0 Å². The Balaban J connectivity index is 2.12. The molecule has 1 aliphatic rings. The van der Waals surface area contributed by atoms with Crippen LogP contribution in [0.3, 0.4) is 0 Å². The second kappa shape index (κ2) is 7.29. The van der Waals surface area contributed by atoms with E-state index in [1.54, 1.807) is 6.07 Å². The van der Waals surface area contributed by atoms with Gasteiger partial charge >= 0.3 is 0 Å². The van der Waals surface area contributed by atoms with Crippen molar-refractivity contribution in [2.75, 3.05) is 31.1 Å². The number of hydrogen-bond donors (Lipinski definition) is 1. The van der Waals surface area contributed by atoms with Crippen LogP contribution < -0.4 is 10.2 Å². The SMILES string of the molecule is CCNCC1CCN(c2cc(Cl)c(Cl)cc2[N+](=O)[O-])CC1. The van der Waals surface area contributed by atoms with Gasteiger partial charge in [0.25, 0.3) is 5.69 Å². The lowest BCUT2D eigenvalue weighted by atomic mass is 9.96. The molecule has 1 fully saturated rings. The fourth-order valence-corrected chi connectivity index (χ4v) is 2.97. The molecule has 5 nitrogen and oxygen atoms in total. The van der Waals surface area contributed by atoms with E-state index < -0.39 is 4.92 Å². The lowest BCUT2D eigenvalue weighted by Crippen LogP contribution is -2.37. The molecule has 0 atom stereocenters. The molecular weight excluding hydrogens is 313 g/mol. The van der Waals surface area contributed by atoms with Gasteiger partial charge in [0.05, 0.1) is 15.0 Å². The van der Waals surface area contributed by atoms with Crippen molar-refractivity contribution in [2.24, 2.45) is 5.92 Å². The van der Waals surface area contributed by atoms with Crippen LogP contribution in [0.1, 0.15) is 19.8 Å². The second-order valence-electron chi connectivity index (χ2n) is 5.25. The molecule has 0 saturated carbocycles. The Morgan fingerprint density at radius 1 is 1.33 bits per heavy atom. The van der Waals surface area contributed by atoms with Crippen LogP contribution in [0.25, 0.3) is 0 Å². The average molecular weight is 332 g/mol. The van der Waals surface area contributed by atoms with Crippen molar-refractivity contribution in [1.29, 1.82) is 0 Å². The van der Waals surface area contributed by atoms with Crippen LogP contribution >= 0.6 is 23.2 Å². The Morgan fingerprint density at radius 2 is 1.95 bits per heavy atom. The van der Waals surface area contributed by atoms with E-state index in [-0.39, 0.29) is 10.7 Å². The van der Waals surface area contributed by atoms with Gasteiger partial charge in [0.1, 0.15) is 5.69 Å². The maximum atomic E-state index is 11.2. The molecule has 1 saturated heterocycles. The summed E-state index contributed by atoms with van der Waals surface area (Å²) in [5.41, 5.74) is 0.589. The van der Waals surface area contributed by atoms with Crippen LogP contribution in [0.4, 0.5) is 11.4 Å². The summed E-state index contributed by atoms with van der Waals surface area (Å²) in [5.74, 6) is 0.628. The van der Waals surface area contributed by atoms with Crippen molar-refractivity contribution < 1.29 is 4.92 Å². The molecule has 0 amide bonds. The second-order valence-corrected chi connectivity index (χ2v) is 6.06. The predicted molar refractivity (Wildman–Crippen MR) is 86.6 cm³/mol. The zero-order valence-electron chi connectivity index (χ0n) is 11.9. The van der Waals surface area contributed by atoms with E-state index in [1.165, 1.54) is 6.07 Å². The highest BCUT2D eigenvalue weighted by Crippen LogP contribution is 2.37. The van der Waals surface area contributed by atoms with Crippen LogP contribution in [0.15, 0.2) is 12.1 Å². The lowest BCUT2D eigenvalue weighted by molar-refractivity contribution is -0.384. The average Bonchev–Trinajstić information content (AvgIpc) is 2.48. The molecule has 1 N–H and O–H groups in total. The molecule has 116 valence electrons. The summed E-state index contributed by atoms with van der Waals surface area (Å²) >= 11 is 11.9. The van der Waals surface area contributed by atoms with Crippen molar-refractivity contribution in [2.45, 2.75) is 19.8 Å². The molecule has 0 spiro atoms. The van der Waals surface area contributed by atoms with E-state index in [1.807, 2.05) is 4.90 Å². The number of hydrogen-bond acceptors (Lipinski definition) is 4. The van der Waals surface area contributed by atoms with E-state index in [2.05, 4.69) is 12.2 Å². The standard InChI is InChI=1S/C14H19Cl2N3O2/c1-2-17-9-10-3-5-18(6-4-10)13-7-11(15)12(16)8-14(13)19(20)21/h7-8,10,17H,2-6,9H2,1H3. The molecule has 21 heavy (non-hydrogen) atoms.